The van der Waals surface area contributed by atoms with Crippen LogP contribution in [0.2, 0.25) is 0 Å². The molecule has 3 nitrogen and oxygen atoms in total. The molecule has 2 heterocycles. The summed E-state index contributed by atoms with van der Waals surface area (Å²) >= 11 is 0. The minimum absolute atomic E-state index is 0.0497. The first-order valence-electron chi connectivity index (χ1n) is 6.70. The van der Waals surface area contributed by atoms with E-state index in [-0.39, 0.29) is 5.41 Å². The first kappa shape index (κ1) is 10.6. The molecule has 3 aliphatic rings. The molecule has 0 atom stereocenters. The summed E-state index contributed by atoms with van der Waals surface area (Å²) in [7, 11) is 0. The highest BCUT2D eigenvalue weighted by atomic mass is 16.5. The van der Waals surface area contributed by atoms with Gasteiger partial charge in [-0.3, -0.25) is 4.79 Å². The largest absolute Gasteiger partial charge is 0.381 e. The highest BCUT2D eigenvalue weighted by Crippen LogP contribution is 2.56. The second-order valence-corrected chi connectivity index (χ2v) is 5.54. The SMILES string of the molecule is O=C(N1CCCC1)C1(C2CCOCC2)CC1. The van der Waals surface area contributed by atoms with Crippen LogP contribution in [0.25, 0.3) is 0 Å². The summed E-state index contributed by atoms with van der Waals surface area (Å²) in [6.07, 6.45) is 6.87. The van der Waals surface area contributed by atoms with Gasteiger partial charge in [-0.05, 0) is 44.4 Å². The zero-order chi connectivity index (χ0) is 11.0. The van der Waals surface area contributed by atoms with Gasteiger partial charge in [0.2, 0.25) is 5.91 Å². The van der Waals surface area contributed by atoms with Crippen LogP contribution in [-0.4, -0.2) is 37.1 Å². The molecule has 0 aromatic carbocycles. The van der Waals surface area contributed by atoms with Gasteiger partial charge in [0, 0.05) is 26.3 Å². The van der Waals surface area contributed by atoms with Crippen molar-refractivity contribution in [2.45, 2.75) is 38.5 Å². The number of amides is 1. The van der Waals surface area contributed by atoms with Crippen molar-refractivity contribution >= 4 is 5.91 Å². The summed E-state index contributed by atoms with van der Waals surface area (Å²) in [6, 6.07) is 0. The number of carbonyl (C=O) groups is 1. The summed E-state index contributed by atoms with van der Waals surface area (Å²) in [5, 5.41) is 0. The molecule has 2 saturated heterocycles. The molecule has 16 heavy (non-hydrogen) atoms. The van der Waals surface area contributed by atoms with Crippen molar-refractivity contribution in [3.05, 3.63) is 0 Å². The van der Waals surface area contributed by atoms with E-state index >= 15 is 0 Å². The molecule has 0 bridgehead atoms. The molecule has 0 unspecified atom stereocenters. The van der Waals surface area contributed by atoms with Crippen LogP contribution in [0.15, 0.2) is 0 Å². The Hall–Kier alpha value is -0.570. The van der Waals surface area contributed by atoms with E-state index in [1.54, 1.807) is 0 Å². The van der Waals surface area contributed by atoms with Gasteiger partial charge in [0.25, 0.3) is 0 Å². The summed E-state index contributed by atoms with van der Waals surface area (Å²) in [6.45, 7) is 3.73. The molecule has 2 aliphatic heterocycles. The first-order valence-corrected chi connectivity index (χ1v) is 6.70. The third-order valence-electron chi connectivity index (χ3n) is 4.61. The van der Waals surface area contributed by atoms with E-state index in [0.717, 1.165) is 52.0 Å². The smallest absolute Gasteiger partial charge is 0.229 e. The predicted molar refractivity (Wildman–Crippen MR) is 61.0 cm³/mol. The molecule has 90 valence electrons. The third-order valence-corrected chi connectivity index (χ3v) is 4.61. The molecule has 0 spiro atoms. The second kappa shape index (κ2) is 4.02. The van der Waals surface area contributed by atoms with Crippen molar-refractivity contribution < 1.29 is 9.53 Å². The van der Waals surface area contributed by atoms with Gasteiger partial charge in [0.1, 0.15) is 0 Å². The van der Waals surface area contributed by atoms with Gasteiger partial charge in [-0.1, -0.05) is 0 Å². The highest BCUT2D eigenvalue weighted by molar-refractivity contribution is 5.86. The number of nitrogens with zero attached hydrogens (tertiary/aromatic N) is 1. The fourth-order valence-corrected chi connectivity index (χ4v) is 3.42. The molecule has 3 fully saturated rings. The van der Waals surface area contributed by atoms with Crippen molar-refractivity contribution in [1.29, 1.82) is 0 Å². The van der Waals surface area contributed by atoms with Gasteiger partial charge < -0.3 is 9.64 Å². The monoisotopic (exact) mass is 223 g/mol. The van der Waals surface area contributed by atoms with Crippen molar-refractivity contribution in [1.82, 2.24) is 4.90 Å². The third kappa shape index (κ3) is 1.65. The molecule has 1 saturated carbocycles. The Morgan fingerprint density at radius 1 is 1.12 bits per heavy atom. The van der Waals surface area contributed by atoms with Crippen LogP contribution in [0.4, 0.5) is 0 Å². The number of rotatable bonds is 2. The Kier molecular flexibility index (Phi) is 2.66. The zero-order valence-electron chi connectivity index (χ0n) is 9.91. The van der Waals surface area contributed by atoms with Crippen molar-refractivity contribution in [2.24, 2.45) is 11.3 Å². The molecular weight excluding hydrogens is 202 g/mol. The number of hydrogen-bond acceptors (Lipinski definition) is 2. The normalized spacial score (nSPS) is 29.4. The standard InChI is InChI=1S/C13H21NO2/c15-12(14-7-1-2-8-14)13(5-6-13)11-3-9-16-10-4-11/h11H,1-10H2. The molecule has 3 rings (SSSR count). The molecule has 0 radical (unpaired) electrons. The Labute approximate surface area is 97.1 Å². The van der Waals surface area contributed by atoms with Crippen LogP contribution in [0.5, 0.6) is 0 Å². The van der Waals surface area contributed by atoms with Crippen LogP contribution in [0, 0.1) is 11.3 Å². The lowest BCUT2D eigenvalue weighted by Gasteiger charge is -2.32. The Morgan fingerprint density at radius 3 is 2.31 bits per heavy atom. The lowest BCUT2D eigenvalue weighted by molar-refractivity contribution is -0.139. The van der Waals surface area contributed by atoms with E-state index in [1.807, 2.05) is 0 Å². The number of carbonyl (C=O) groups excluding carboxylic acids is 1. The summed E-state index contributed by atoms with van der Waals surface area (Å²) < 4.78 is 5.40. The van der Waals surface area contributed by atoms with Gasteiger partial charge in [0.15, 0.2) is 0 Å². The Morgan fingerprint density at radius 2 is 1.75 bits per heavy atom. The molecule has 1 aliphatic carbocycles. The van der Waals surface area contributed by atoms with Gasteiger partial charge in [-0.25, -0.2) is 0 Å². The average Bonchev–Trinajstić information content (AvgIpc) is 2.97. The van der Waals surface area contributed by atoms with E-state index < -0.39 is 0 Å². The summed E-state index contributed by atoms with van der Waals surface area (Å²) in [5.74, 6) is 1.08. The van der Waals surface area contributed by atoms with Crippen LogP contribution >= 0.6 is 0 Å². The van der Waals surface area contributed by atoms with Crippen LogP contribution in [0.3, 0.4) is 0 Å². The van der Waals surface area contributed by atoms with E-state index in [4.69, 9.17) is 4.74 Å². The van der Waals surface area contributed by atoms with Crippen molar-refractivity contribution in [2.75, 3.05) is 26.3 Å². The molecule has 0 aromatic heterocycles. The lowest BCUT2D eigenvalue weighted by atomic mass is 9.82. The van der Waals surface area contributed by atoms with E-state index in [9.17, 15) is 4.79 Å². The molecular formula is C13H21NO2. The topological polar surface area (TPSA) is 29.5 Å². The quantitative estimate of drug-likeness (QED) is 0.714. The minimum atomic E-state index is 0.0497. The number of likely N-dealkylation sites (tertiary alicyclic amines) is 1. The minimum Gasteiger partial charge on any atom is -0.381 e. The lowest BCUT2D eigenvalue weighted by Crippen LogP contribution is -2.40. The molecule has 0 aromatic rings. The summed E-state index contributed by atoms with van der Waals surface area (Å²) in [4.78, 5) is 14.6. The molecule has 0 N–H and O–H groups in total. The second-order valence-electron chi connectivity index (χ2n) is 5.54. The van der Waals surface area contributed by atoms with Crippen molar-refractivity contribution in [3.8, 4) is 0 Å². The van der Waals surface area contributed by atoms with Gasteiger partial charge in [-0.2, -0.15) is 0 Å². The Balaban J connectivity index is 1.69. The average molecular weight is 223 g/mol. The van der Waals surface area contributed by atoms with Crippen LogP contribution < -0.4 is 0 Å². The Bertz CT molecular complexity index is 274. The number of hydrogen-bond donors (Lipinski definition) is 0. The van der Waals surface area contributed by atoms with Gasteiger partial charge in [0.05, 0.1) is 5.41 Å². The van der Waals surface area contributed by atoms with Gasteiger partial charge >= 0.3 is 0 Å². The van der Waals surface area contributed by atoms with Crippen LogP contribution in [0.1, 0.15) is 38.5 Å². The van der Waals surface area contributed by atoms with Crippen LogP contribution in [-0.2, 0) is 9.53 Å². The maximum absolute atomic E-state index is 12.5. The van der Waals surface area contributed by atoms with E-state index in [2.05, 4.69) is 4.90 Å². The predicted octanol–water partition coefficient (Wildman–Crippen LogP) is 1.82. The fraction of sp³-hybridized carbons (Fsp3) is 0.923. The number of ether oxygens (including phenoxy) is 1. The van der Waals surface area contributed by atoms with E-state index in [0.29, 0.717) is 11.8 Å². The first-order chi connectivity index (χ1) is 7.83. The van der Waals surface area contributed by atoms with E-state index in [1.165, 1.54) is 12.8 Å². The zero-order valence-corrected chi connectivity index (χ0v) is 9.91. The summed E-state index contributed by atoms with van der Waals surface area (Å²) in [5.41, 5.74) is 0.0497. The fourth-order valence-electron chi connectivity index (χ4n) is 3.42. The van der Waals surface area contributed by atoms with Crippen molar-refractivity contribution in [3.63, 3.8) is 0 Å². The maximum atomic E-state index is 12.5. The van der Waals surface area contributed by atoms with Gasteiger partial charge in [-0.15, -0.1) is 0 Å². The highest BCUT2D eigenvalue weighted by Gasteiger charge is 2.56. The molecule has 1 amide bonds. The maximum Gasteiger partial charge on any atom is 0.229 e. The molecule has 3 heteroatoms.